The van der Waals surface area contributed by atoms with Gasteiger partial charge in [0, 0.05) is 5.56 Å². The lowest BCUT2D eigenvalue weighted by atomic mass is 10.2. The zero-order valence-corrected chi connectivity index (χ0v) is 12.3. The van der Waals surface area contributed by atoms with Crippen molar-refractivity contribution < 1.29 is 18.3 Å². The van der Waals surface area contributed by atoms with E-state index in [1.54, 1.807) is 30.3 Å². The van der Waals surface area contributed by atoms with Gasteiger partial charge >= 0.3 is 6.01 Å². The second kappa shape index (κ2) is 6.35. The van der Waals surface area contributed by atoms with Crippen LogP contribution >= 0.6 is 0 Å². The number of nitrogen functional groups attached to an aromatic ring is 1. The van der Waals surface area contributed by atoms with Gasteiger partial charge in [-0.1, -0.05) is 17.2 Å². The Kier molecular flexibility index (Phi) is 4.09. The first kappa shape index (κ1) is 14.8. The lowest BCUT2D eigenvalue weighted by molar-refractivity contribution is 0.284. The largest absolute Gasteiger partial charge is 0.493 e. The normalized spacial score (nSPS) is 10.5. The predicted octanol–water partition coefficient (Wildman–Crippen LogP) is 3.05. The van der Waals surface area contributed by atoms with E-state index in [0.29, 0.717) is 29.6 Å². The van der Waals surface area contributed by atoms with Gasteiger partial charge in [-0.3, -0.25) is 0 Å². The fourth-order valence-corrected chi connectivity index (χ4v) is 2.01. The summed E-state index contributed by atoms with van der Waals surface area (Å²) in [5, 5.41) is 7.43. The Labute approximate surface area is 131 Å². The Morgan fingerprint density at radius 3 is 2.52 bits per heavy atom. The molecule has 7 heteroatoms. The number of methoxy groups -OCH3 is 1. The second-order valence-electron chi connectivity index (χ2n) is 4.73. The lowest BCUT2D eigenvalue weighted by Crippen LogP contribution is -1.98. The smallest absolute Gasteiger partial charge is 0.313 e. The Bertz CT molecular complexity index is 803. The molecule has 0 spiro atoms. The summed E-state index contributed by atoms with van der Waals surface area (Å²) in [5.74, 6) is 1.08. The monoisotopic (exact) mass is 315 g/mol. The molecule has 0 aliphatic rings. The predicted molar refractivity (Wildman–Crippen MR) is 81.4 cm³/mol. The van der Waals surface area contributed by atoms with Gasteiger partial charge in [-0.2, -0.15) is 0 Å². The molecule has 0 saturated carbocycles. The van der Waals surface area contributed by atoms with E-state index in [9.17, 15) is 4.39 Å². The van der Waals surface area contributed by atoms with E-state index in [-0.39, 0.29) is 11.8 Å². The van der Waals surface area contributed by atoms with E-state index in [1.165, 1.54) is 19.2 Å². The van der Waals surface area contributed by atoms with Crippen LogP contribution in [0.25, 0.3) is 11.5 Å². The number of nitrogens with two attached hydrogens (primary N) is 1. The summed E-state index contributed by atoms with van der Waals surface area (Å²) in [6.07, 6.45) is 0. The molecule has 23 heavy (non-hydrogen) atoms. The van der Waals surface area contributed by atoms with Crippen molar-refractivity contribution in [1.29, 1.82) is 0 Å². The second-order valence-corrected chi connectivity index (χ2v) is 4.73. The van der Waals surface area contributed by atoms with Gasteiger partial charge in [-0.15, -0.1) is 5.10 Å². The van der Waals surface area contributed by atoms with Crippen molar-refractivity contribution in [1.82, 2.24) is 10.2 Å². The van der Waals surface area contributed by atoms with Gasteiger partial charge in [-0.05, 0) is 35.9 Å². The lowest BCUT2D eigenvalue weighted by Gasteiger charge is -2.11. The number of hydrogen-bond acceptors (Lipinski definition) is 6. The molecule has 118 valence electrons. The van der Waals surface area contributed by atoms with Crippen molar-refractivity contribution in [3.63, 3.8) is 0 Å². The Morgan fingerprint density at radius 2 is 1.87 bits per heavy atom. The molecule has 0 unspecified atom stereocenters. The van der Waals surface area contributed by atoms with Crippen molar-refractivity contribution in [2.24, 2.45) is 0 Å². The summed E-state index contributed by atoms with van der Waals surface area (Å²) in [5.41, 5.74) is 6.93. The van der Waals surface area contributed by atoms with Crippen LogP contribution in [0, 0.1) is 5.82 Å². The maximum atomic E-state index is 12.9. The summed E-state index contributed by atoms with van der Waals surface area (Å²) in [6.45, 7) is 0.295. The molecule has 0 radical (unpaired) electrons. The number of aromatic nitrogens is 2. The standard InChI is InChI=1S/C16H14FN3O3/c1-21-14-8-11(15-19-20-16(18)23-15)4-7-13(14)22-9-10-2-5-12(17)6-3-10/h2-8H,9H2,1H3,(H2,18,20). The first-order valence-corrected chi connectivity index (χ1v) is 6.80. The average molecular weight is 315 g/mol. The number of benzene rings is 2. The van der Waals surface area contributed by atoms with E-state index in [2.05, 4.69) is 10.2 Å². The minimum atomic E-state index is -0.283. The summed E-state index contributed by atoms with van der Waals surface area (Å²) in [6, 6.07) is 11.3. The van der Waals surface area contributed by atoms with Crippen LogP contribution in [0.3, 0.4) is 0 Å². The molecule has 2 N–H and O–H groups in total. The number of halogens is 1. The SMILES string of the molecule is COc1cc(-c2nnc(N)o2)ccc1OCc1ccc(F)cc1. The van der Waals surface area contributed by atoms with Crippen molar-refractivity contribution in [3.05, 3.63) is 53.8 Å². The van der Waals surface area contributed by atoms with Gasteiger partial charge in [0.25, 0.3) is 0 Å². The zero-order valence-electron chi connectivity index (χ0n) is 12.3. The van der Waals surface area contributed by atoms with Crippen LogP contribution in [0.5, 0.6) is 11.5 Å². The third-order valence-corrected chi connectivity index (χ3v) is 3.16. The summed E-state index contributed by atoms with van der Waals surface area (Å²) in [4.78, 5) is 0. The number of anilines is 1. The molecule has 1 aromatic heterocycles. The van der Waals surface area contributed by atoms with Crippen LogP contribution in [0.2, 0.25) is 0 Å². The third kappa shape index (κ3) is 3.39. The fourth-order valence-electron chi connectivity index (χ4n) is 2.01. The minimum absolute atomic E-state index is 0.00407. The van der Waals surface area contributed by atoms with E-state index in [0.717, 1.165) is 5.56 Å². The highest BCUT2D eigenvalue weighted by molar-refractivity contribution is 5.60. The number of ether oxygens (including phenoxy) is 2. The molecule has 0 saturated heterocycles. The third-order valence-electron chi connectivity index (χ3n) is 3.16. The molecule has 0 bridgehead atoms. The van der Waals surface area contributed by atoms with E-state index in [1.807, 2.05) is 0 Å². The highest BCUT2D eigenvalue weighted by atomic mass is 19.1. The van der Waals surface area contributed by atoms with Gasteiger partial charge < -0.3 is 19.6 Å². The van der Waals surface area contributed by atoms with Gasteiger partial charge in [0.05, 0.1) is 7.11 Å². The molecule has 0 amide bonds. The summed E-state index contributed by atoms with van der Waals surface area (Å²) in [7, 11) is 1.53. The van der Waals surface area contributed by atoms with Gasteiger partial charge in [0.15, 0.2) is 11.5 Å². The van der Waals surface area contributed by atoms with Crippen LogP contribution < -0.4 is 15.2 Å². The van der Waals surface area contributed by atoms with E-state index < -0.39 is 0 Å². The molecule has 0 aliphatic carbocycles. The molecule has 6 nitrogen and oxygen atoms in total. The van der Waals surface area contributed by atoms with E-state index >= 15 is 0 Å². The number of nitrogens with zero attached hydrogens (tertiary/aromatic N) is 2. The summed E-state index contributed by atoms with van der Waals surface area (Å²) < 4.78 is 29.1. The molecule has 0 aliphatic heterocycles. The molecule has 1 heterocycles. The molecule has 2 aromatic carbocycles. The Balaban J connectivity index is 1.78. The topological polar surface area (TPSA) is 83.4 Å². The molecule has 3 aromatic rings. The first-order chi connectivity index (χ1) is 11.2. The average Bonchev–Trinajstić information content (AvgIpc) is 3.00. The molecular weight excluding hydrogens is 301 g/mol. The quantitative estimate of drug-likeness (QED) is 0.779. The Morgan fingerprint density at radius 1 is 1.09 bits per heavy atom. The molecule has 3 rings (SSSR count). The maximum absolute atomic E-state index is 12.9. The first-order valence-electron chi connectivity index (χ1n) is 6.80. The molecule has 0 atom stereocenters. The van der Waals surface area contributed by atoms with Gasteiger partial charge in [0.1, 0.15) is 12.4 Å². The van der Waals surface area contributed by atoms with Gasteiger partial charge in [0.2, 0.25) is 5.89 Å². The van der Waals surface area contributed by atoms with Crippen LogP contribution in [-0.4, -0.2) is 17.3 Å². The number of rotatable bonds is 5. The molecule has 0 fully saturated rings. The van der Waals surface area contributed by atoms with E-state index in [4.69, 9.17) is 19.6 Å². The van der Waals surface area contributed by atoms with Crippen LogP contribution in [0.15, 0.2) is 46.9 Å². The van der Waals surface area contributed by atoms with Crippen molar-refractivity contribution >= 4 is 6.01 Å². The highest BCUT2D eigenvalue weighted by Crippen LogP contribution is 2.32. The van der Waals surface area contributed by atoms with Gasteiger partial charge in [-0.25, -0.2) is 4.39 Å². The minimum Gasteiger partial charge on any atom is -0.493 e. The van der Waals surface area contributed by atoms with Crippen LogP contribution in [0.1, 0.15) is 5.56 Å². The van der Waals surface area contributed by atoms with Crippen LogP contribution in [0.4, 0.5) is 10.4 Å². The fraction of sp³-hybridized carbons (Fsp3) is 0.125. The highest BCUT2D eigenvalue weighted by Gasteiger charge is 2.11. The molecular formula is C16H14FN3O3. The maximum Gasteiger partial charge on any atom is 0.313 e. The Hall–Kier alpha value is -3.09. The summed E-state index contributed by atoms with van der Waals surface area (Å²) >= 11 is 0. The van der Waals surface area contributed by atoms with Crippen molar-refractivity contribution in [3.8, 4) is 23.0 Å². The van der Waals surface area contributed by atoms with Crippen LogP contribution in [-0.2, 0) is 6.61 Å². The zero-order chi connectivity index (χ0) is 16.2. The number of hydrogen-bond donors (Lipinski definition) is 1. The van der Waals surface area contributed by atoms with Crippen molar-refractivity contribution in [2.45, 2.75) is 6.61 Å². The van der Waals surface area contributed by atoms with Crippen molar-refractivity contribution in [2.75, 3.05) is 12.8 Å².